The molecule has 7 heteroatoms. The van der Waals surface area contributed by atoms with Crippen LogP contribution in [0.5, 0.6) is 11.5 Å². The van der Waals surface area contributed by atoms with E-state index in [1.54, 1.807) is 18.2 Å². The van der Waals surface area contributed by atoms with Crippen molar-refractivity contribution in [3.05, 3.63) is 65.6 Å². The summed E-state index contributed by atoms with van der Waals surface area (Å²) in [6, 6.07) is 14.5. The van der Waals surface area contributed by atoms with E-state index in [1.165, 1.54) is 6.39 Å². The molecule has 132 valence electrons. The van der Waals surface area contributed by atoms with Gasteiger partial charge in [0.15, 0.2) is 29.3 Å². The number of rotatable bonds is 4. The predicted molar refractivity (Wildman–Crippen MR) is 95.6 cm³/mol. The van der Waals surface area contributed by atoms with Gasteiger partial charge in [-0.15, -0.1) is 0 Å². The quantitative estimate of drug-likeness (QED) is 0.760. The number of hydrogen-bond acceptors (Lipinski definition) is 5. The minimum absolute atomic E-state index is 0.176. The van der Waals surface area contributed by atoms with Gasteiger partial charge in [-0.05, 0) is 24.3 Å². The fourth-order valence-corrected chi connectivity index (χ4v) is 2.92. The predicted octanol–water partition coefficient (Wildman–Crippen LogP) is 3.56. The van der Waals surface area contributed by atoms with Crippen molar-refractivity contribution in [1.82, 2.24) is 10.3 Å². The number of oxazole rings is 1. The molecule has 2 aromatic carbocycles. The number of benzene rings is 2. The standard InChI is InChI=1S/C19H15ClN2O4/c20-14-6-2-1-5-13(14)18-17(22-11-25-18)19(23)21-9-12-10-24-15-7-3-4-8-16(15)26-12/h1-8,11-12H,9-10H2,(H,21,23). The Morgan fingerprint density at radius 1 is 1.15 bits per heavy atom. The molecule has 0 radical (unpaired) electrons. The molecular weight excluding hydrogens is 356 g/mol. The molecule has 0 saturated heterocycles. The maximum atomic E-state index is 12.5. The number of aromatic nitrogens is 1. The van der Waals surface area contributed by atoms with Crippen LogP contribution in [-0.2, 0) is 0 Å². The lowest BCUT2D eigenvalue weighted by Crippen LogP contribution is -2.40. The van der Waals surface area contributed by atoms with Gasteiger partial charge in [0.05, 0.1) is 11.6 Å². The molecule has 0 bridgehead atoms. The molecule has 1 aliphatic heterocycles. The van der Waals surface area contributed by atoms with Gasteiger partial charge in [0.2, 0.25) is 0 Å². The first-order valence-electron chi connectivity index (χ1n) is 8.07. The topological polar surface area (TPSA) is 73.6 Å². The van der Waals surface area contributed by atoms with Gasteiger partial charge in [-0.2, -0.15) is 0 Å². The molecular formula is C19H15ClN2O4. The Balaban J connectivity index is 1.44. The smallest absolute Gasteiger partial charge is 0.274 e. The first kappa shape index (κ1) is 16.5. The molecule has 1 atom stereocenters. The summed E-state index contributed by atoms with van der Waals surface area (Å²) in [6.45, 7) is 0.634. The van der Waals surface area contributed by atoms with Gasteiger partial charge < -0.3 is 19.2 Å². The number of halogens is 1. The van der Waals surface area contributed by atoms with E-state index in [9.17, 15) is 4.79 Å². The summed E-state index contributed by atoms with van der Waals surface area (Å²) >= 11 is 6.18. The third kappa shape index (κ3) is 3.23. The molecule has 0 saturated carbocycles. The lowest BCUT2D eigenvalue weighted by molar-refractivity contribution is 0.0787. The molecule has 1 aliphatic rings. The lowest BCUT2D eigenvalue weighted by atomic mass is 10.1. The van der Waals surface area contributed by atoms with Crippen molar-refractivity contribution in [2.45, 2.75) is 6.10 Å². The van der Waals surface area contributed by atoms with E-state index < -0.39 is 0 Å². The van der Waals surface area contributed by atoms with Gasteiger partial charge in [0.1, 0.15) is 12.7 Å². The Morgan fingerprint density at radius 2 is 1.92 bits per heavy atom. The number of ether oxygens (including phenoxy) is 2. The van der Waals surface area contributed by atoms with Crippen LogP contribution in [0.3, 0.4) is 0 Å². The fourth-order valence-electron chi connectivity index (χ4n) is 2.70. The van der Waals surface area contributed by atoms with Crippen molar-refractivity contribution in [2.75, 3.05) is 13.2 Å². The second-order valence-electron chi connectivity index (χ2n) is 5.72. The lowest BCUT2D eigenvalue weighted by Gasteiger charge is -2.26. The third-order valence-electron chi connectivity index (χ3n) is 3.96. The molecule has 1 aromatic heterocycles. The van der Waals surface area contributed by atoms with E-state index in [2.05, 4.69) is 10.3 Å². The van der Waals surface area contributed by atoms with E-state index >= 15 is 0 Å². The van der Waals surface area contributed by atoms with Gasteiger partial charge in [0.25, 0.3) is 5.91 Å². The molecule has 1 unspecified atom stereocenters. The minimum Gasteiger partial charge on any atom is -0.486 e. The summed E-state index contributed by atoms with van der Waals surface area (Å²) in [7, 11) is 0. The number of carbonyl (C=O) groups is 1. The van der Waals surface area contributed by atoms with Crippen LogP contribution in [0.25, 0.3) is 11.3 Å². The minimum atomic E-state index is -0.365. The summed E-state index contributed by atoms with van der Waals surface area (Å²) < 4.78 is 16.8. The molecule has 6 nitrogen and oxygen atoms in total. The summed E-state index contributed by atoms with van der Waals surface area (Å²) in [5, 5.41) is 3.29. The molecule has 3 aromatic rings. The Kier molecular flexibility index (Phi) is 4.50. The van der Waals surface area contributed by atoms with Crippen LogP contribution in [0.15, 0.2) is 59.3 Å². The molecule has 1 amide bonds. The van der Waals surface area contributed by atoms with Crippen LogP contribution in [0, 0.1) is 0 Å². The Bertz CT molecular complexity index is 941. The van der Waals surface area contributed by atoms with Crippen LogP contribution in [0.4, 0.5) is 0 Å². The molecule has 0 fully saturated rings. The number of nitrogens with zero attached hydrogens (tertiary/aromatic N) is 1. The van der Waals surface area contributed by atoms with Crippen LogP contribution in [0.2, 0.25) is 5.02 Å². The fraction of sp³-hybridized carbons (Fsp3) is 0.158. The number of carbonyl (C=O) groups excluding carboxylic acids is 1. The second-order valence-corrected chi connectivity index (χ2v) is 6.12. The SMILES string of the molecule is O=C(NCC1COc2ccccc2O1)c1ncoc1-c1ccccc1Cl. The summed E-state index contributed by atoms with van der Waals surface area (Å²) in [5.74, 6) is 1.33. The number of amides is 1. The maximum absolute atomic E-state index is 12.5. The highest BCUT2D eigenvalue weighted by molar-refractivity contribution is 6.33. The third-order valence-corrected chi connectivity index (χ3v) is 4.29. The van der Waals surface area contributed by atoms with Crippen LogP contribution in [-0.4, -0.2) is 30.1 Å². The Morgan fingerprint density at radius 3 is 2.77 bits per heavy atom. The number of hydrogen-bond donors (Lipinski definition) is 1. The highest BCUT2D eigenvalue weighted by Gasteiger charge is 2.24. The van der Waals surface area contributed by atoms with Gasteiger partial charge in [0, 0.05) is 5.56 Å². The van der Waals surface area contributed by atoms with E-state index in [1.807, 2.05) is 30.3 Å². The highest BCUT2D eigenvalue weighted by atomic mass is 35.5. The van der Waals surface area contributed by atoms with Crippen molar-refractivity contribution in [3.8, 4) is 22.8 Å². The Labute approximate surface area is 154 Å². The second kappa shape index (κ2) is 7.09. The molecule has 0 spiro atoms. The maximum Gasteiger partial charge on any atom is 0.274 e. The molecule has 4 rings (SSSR count). The summed E-state index contributed by atoms with van der Waals surface area (Å²) in [5.41, 5.74) is 0.790. The molecule has 26 heavy (non-hydrogen) atoms. The number of para-hydroxylation sites is 2. The van der Waals surface area contributed by atoms with Crippen molar-refractivity contribution in [2.24, 2.45) is 0 Å². The first-order valence-corrected chi connectivity index (χ1v) is 8.45. The zero-order valence-corrected chi connectivity index (χ0v) is 14.4. The number of fused-ring (bicyclic) bond motifs is 1. The zero-order chi connectivity index (χ0) is 17.9. The van der Waals surface area contributed by atoms with Gasteiger partial charge in [-0.25, -0.2) is 4.98 Å². The van der Waals surface area contributed by atoms with Gasteiger partial charge in [-0.1, -0.05) is 35.9 Å². The van der Waals surface area contributed by atoms with E-state index in [-0.39, 0.29) is 24.2 Å². The normalized spacial score (nSPS) is 15.5. The molecule has 1 N–H and O–H groups in total. The van der Waals surface area contributed by atoms with Crippen molar-refractivity contribution in [3.63, 3.8) is 0 Å². The van der Waals surface area contributed by atoms with E-state index in [0.717, 1.165) is 0 Å². The van der Waals surface area contributed by atoms with Crippen molar-refractivity contribution >= 4 is 17.5 Å². The molecule has 2 heterocycles. The van der Waals surface area contributed by atoms with Crippen LogP contribution in [0.1, 0.15) is 10.5 Å². The average molecular weight is 371 g/mol. The summed E-state index contributed by atoms with van der Waals surface area (Å²) in [6.07, 6.45) is 0.939. The number of nitrogens with one attached hydrogen (secondary N) is 1. The van der Waals surface area contributed by atoms with Gasteiger partial charge in [-0.3, -0.25) is 4.79 Å². The highest BCUT2D eigenvalue weighted by Crippen LogP contribution is 2.31. The Hall–Kier alpha value is -2.99. The van der Waals surface area contributed by atoms with Crippen molar-refractivity contribution in [1.29, 1.82) is 0 Å². The average Bonchev–Trinajstić information content (AvgIpc) is 3.16. The van der Waals surface area contributed by atoms with Crippen LogP contribution >= 0.6 is 11.6 Å². The van der Waals surface area contributed by atoms with E-state index in [0.29, 0.717) is 34.5 Å². The zero-order valence-electron chi connectivity index (χ0n) is 13.6. The largest absolute Gasteiger partial charge is 0.486 e. The molecule has 0 aliphatic carbocycles. The van der Waals surface area contributed by atoms with Crippen molar-refractivity contribution < 1.29 is 18.7 Å². The monoisotopic (exact) mass is 370 g/mol. The van der Waals surface area contributed by atoms with Gasteiger partial charge >= 0.3 is 0 Å². The summed E-state index contributed by atoms with van der Waals surface area (Å²) in [4.78, 5) is 16.6. The van der Waals surface area contributed by atoms with E-state index in [4.69, 9.17) is 25.5 Å². The van der Waals surface area contributed by atoms with Crippen LogP contribution < -0.4 is 14.8 Å². The first-order chi connectivity index (χ1) is 12.7.